The van der Waals surface area contributed by atoms with Crippen LogP contribution in [0.1, 0.15) is 25.0 Å². The zero-order valence-corrected chi connectivity index (χ0v) is 40.0. The molecule has 0 N–H and O–H groups in total. The SMILES string of the molecule is CC1(C)c2ccccc2-c2ccc(-c3ccc(N(c4ccc(-c5ccc(-n6c7ccccc7c7ccccc76)cc5)cc4)c4ccc(-c5ccc6c7cccc8c9ccccc9n(c6c5)c87)cc4)cc3)cc21. The Balaban J connectivity index is 0.793. The van der Waals surface area contributed by atoms with E-state index in [9.17, 15) is 0 Å². The summed E-state index contributed by atoms with van der Waals surface area (Å²) in [6, 6.07) is 92.0. The number of rotatable bonds is 7. The van der Waals surface area contributed by atoms with E-state index in [4.69, 9.17) is 0 Å². The van der Waals surface area contributed by atoms with Gasteiger partial charge in [-0.05, 0) is 134 Å². The zero-order valence-electron chi connectivity index (χ0n) is 40.0. The first-order chi connectivity index (χ1) is 35.5. The number of para-hydroxylation sites is 4. The molecule has 3 aromatic heterocycles. The largest absolute Gasteiger partial charge is 0.311 e. The summed E-state index contributed by atoms with van der Waals surface area (Å²) in [6.45, 7) is 4.71. The van der Waals surface area contributed by atoms with Crippen molar-refractivity contribution in [1.29, 1.82) is 0 Å². The molecule has 14 aromatic rings. The van der Waals surface area contributed by atoms with E-state index in [1.54, 1.807) is 0 Å². The van der Waals surface area contributed by atoms with Gasteiger partial charge in [-0.15, -0.1) is 0 Å². The van der Waals surface area contributed by atoms with E-state index in [1.807, 2.05) is 0 Å². The van der Waals surface area contributed by atoms with Crippen LogP contribution >= 0.6 is 0 Å². The standard InChI is InChI=1S/C69H47N3/c1-69(2)62-18-7-3-12-54(62)55-40-30-48(42-63(55)69)46-26-34-51(35-27-46)70(50-32-22-44(23-33-50)45-24-38-53(39-25-45)71-64-19-8-4-13-56(64)57-14-5-9-20-65(57)71)52-36-28-47(29-37-52)49-31-41-59-61-17-11-16-60-58-15-6-10-21-66(58)72(68(60)61)67(59)43-49/h3-43H,1-2H3. The molecule has 1 aliphatic carbocycles. The molecule has 1 aliphatic rings. The molecular weight excluding hydrogens is 871 g/mol. The van der Waals surface area contributed by atoms with Crippen molar-refractivity contribution < 1.29 is 0 Å². The number of fused-ring (bicyclic) bond motifs is 12. The summed E-state index contributed by atoms with van der Waals surface area (Å²) in [5, 5.41) is 7.73. The van der Waals surface area contributed by atoms with Crippen molar-refractivity contribution in [2.75, 3.05) is 4.90 Å². The molecule has 3 heteroatoms. The average molecular weight is 918 g/mol. The number of benzene rings is 11. The fourth-order valence-corrected chi connectivity index (χ4v) is 12.4. The molecule has 0 bridgehead atoms. The Labute approximate surface area is 418 Å². The van der Waals surface area contributed by atoms with Gasteiger partial charge in [-0.25, -0.2) is 0 Å². The van der Waals surface area contributed by atoms with Gasteiger partial charge in [0.05, 0.1) is 27.6 Å². The first-order valence-electron chi connectivity index (χ1n) is 25.1. The van der Waals surface area contributed by atoms with E-state index in [-0.39, 0.29) is 5.41 Å². The fourth-order valence-electron chi connectivity index (χ4n) is 12.4. The van der Waals surface area contributed by atoms with Gasteiger partial charge in [-0.2, -0.15) is 0 Å². The van der Waals surface area contributed by atoms with Crippen molar-refractivity contribution in [3.8, 4) is 50.2 Å². The predicted octanol–water partition coefficient (Wildman–Crippen LogP) is 18.7. The van der Waals surface area contributed by atoms with Crippen LogP contribution in [0, 0.1) is 0 Å². The molecule has 0 amide bonds. The minimum Gasteiger partial charge on any atom is -0.311 e. The summed E-state index contributed by atoms with van der Waals surface area (Å²) in [5.74, 6) is 0. The van der Waals surface area contributed by atoms with Gasteiger partial charge in [0, 0.05) is 60.5 Å². The van der Waals surface area contributed by atoms with Gasteiger partial charge in [0.15, 0.2) is 0 Å². The third-order valence-corrected chi connectivity index (χ3v) is 15.9. The molecule has 0 atom stereocenters. The first-order valence-corrected chi connectivity index (χ1v) is 25.1. The highest BCUT2D eigenvalue weighted by Crippen LogP contribution is 2.50. The van der Waals surface area contributed by atoms with Crippen molar-refractivity contribution in [3.05, 3.63) is 260 Å². The Hall–Kier alpha value is -9.18. The molecule has 11 aromatic carbocycles. The van der Waals surface area contributed by atoms with Gasteiger partial charge in [0.1, 0.15) is 0 Å². The van der Waals surface area contributed by atoms with E-state index in [2.05, 4.69) is 276 Å². The highest BCUT2D eigenvalue weighted by molar-refractivity contribution is 6.23. The Morgan fingerprint density at radius 3 is 1.32 bits per heavy atom. The van der Waals surface area contributed by atoms with Crippen molar-refractivity contribution in [2.24, 2.45) is 0 Å². The lowest BCUT2D eigenvalue weighted by molar-refractivity contribution is 0.660. The highest BCUT2D eigenvalue weighted by atomic mass is 15.1. The maximum atomic E-state index is 2.46. The van der Waals surface area contributed by atoms with E-state index < -0.39 is 0 Å². The second-order valence-electron chi connectivity index (χ2n) is 20.1. The van der Waals surface area contributed by atoms with Crippen LogP contribution in [-0.4, -0.2) is 8.97 Å². The summed E-state index contributed by atoms with van der Waals surface area (Å²) in [5.41, 5.74) is 23.3. The molecule has 3 heterocycles. The lowest BCUT2D eigenvalue weighted by atomic mass is 9.81. The van der Waals surface area contributed by atoms with Crippen LogP contribution in [0.4, 0.5) is 17.1 Å². The second kappa shape index (κ2) is 15.4. The van der Waals surface area contributed by atoms with E-state index in [0.29, 0.717) is 0 Å². The zero-order chi connectivity index (χ0) is 47.7. The highest BCUT2D eigenvalue weighted by Gasteiger charge is 2.35. The minimum absolute atomic E-state index is 0.0562. The van der Waals surface area contributed by atoms with Gasteiger partial charge in [0.2, 0.25) is 0 Å². The third kappa shape index (κ3) is 5.98. The van der Waals surface area contributed by atoms with Crippen molar-refractivity contribution >= 4 is 77.0 Å². The molecule has 0 saturated carbocycles. The minimum atomic E-state index is -0.0562. The van der Waals surface area contributed by atoms with Crippen LogP contribution in [0.2, 0.25) is 0 Å². The van der Waals surface area contributed by atoms with Gasteiger partial charge < -0.3 is 13.9 Å². The van der Waals surface area contributed by atoms with Gasteiger partial charge in [-0.3, -0.25) is 0 Å². The molecule has 0 saturated heterocycles. The average Bonchev–Trinajstić information content (AvgIpc) is 4.14. The summed E-state index contributed by atoms with van der Waals surface area (Å²) >= 11 is 0. The molecule has 0 radical (unpaired) electrons. The van der Waals surface area contributed by atoms with Crippen LogP contribution in [-0.2, 0) is 5.41 Å². The maximum Gasteiger partial charge on any atom is 0.0620 e. The lowest BCUT2D eigenvalue weighted by Crippen LogP contribution is -2.14. The lowest BCUT2D eigenvalue weighted by Gasteiger charge is -2.26. The van der Waals surface area contributed by atoms with Crippen LogP contribution in [0.15, 0.2) is 249 Å². The van der Waals surface area contributed by atoms with Crippen LogP contribution in [0.25, 0.3) is 110 Å². The topological polar surface area (TPSA) is 12.6 Å². The molecule has 0 spiro atoms. The Bertz CT molecular complexity index is 4380. The Morgan fingerprint density at radius 1 is 0.306 bits per heavy atom. The number of hydrogen-bond acceptors (Lipinski definition) is 1. The molecular formula is C69H47N3. The smallest absolute Gasteiger partial charge is 0.0620 e. The van der Waals surface area contributed by atoms with E-state index in [0.717, 1.165) is 22.7 Å². The summed E-state index contributed by atoms with van der Waals surface area (Å²) in [6.07, 6.45) is 0. The Morgan fingerprint density at radius 2 is 0.722 bits per heavy atom. The second-order valence-corrected chi connectivity index (χ2v) is 20.1. The van der Waals surface area contributed by atoms with Gasteiger partial charge in [-0.1, -0.05) is 184 Å². The van der Waals surface area contributed by atoms with Crippen molar-refractivity contribution in [2.45, 2.75) is 19.3 Å². The summed E-state index contributed by atoms with van der Waals surface area (Å²) in [4.78, 5) is 2.38. The normalized spacial score (nSPS) is 13.0. The molecule has 72 heavy (non-hydrogen) atoms. The quantitative estimate of drug-likeness (QED) is 0.155. The van der Waals surface area contributed by atoms with Crippen LogP contribution in [0.5, 0.6) is 0 Å². The number of anilines is 3. The fraction of sp³-hybridized carbons (Fsp3) is 0.0435. The van der Waals surface area contributed by atoms with E-state index >= 15 is 0 Å². The van der Waals surface area contributed by atoms with Crippen molar-refractivity contribution in [3.63, 3.8) is 0 Å². The number of hydrogen-bond donors (Lipinski definition) is 0. The summed E-state index contributed by atoms with van der Waals surface area (Å²) < 4.78 is 4.84. The first kappa shape index (κ1) is 40.7. The third-order valence-electron chi connectivity index (χ3n) is 15.9. The Kier molecular flexibility index (Phi) is 8.71. The molecule has 15 rings (SSSR count). The maximum absolute atomic E-state index is 2.46. The number of nitrogens with zero attached hydrogens (tertiary/aromatic N) is 3. The monoisotopic (exact) mass is 917 g/mol. The molecule has 0 unspecified atom stereocenters. The van der Waals surface area contributed by atoms with Gasteiger partial charge in [0.25, 0.3) is 0 Å². The molecule has 0 aliphatic heterocycles. The summed E-state index contributed by atoms with van der Waals surface area (Å²) in [7, 11) is 0. The number of aromatic nitrogens is 2. The molecule has 338 valence electrons. The molecule has 3 nitrogen and oxygen atoms in total. The van der Waals surface area contributed by atoms with Crippen LogP contribution in [0.3, 0.4) is 0 Å². The molecule has 0 fully saturated rings. The predicted molar refractivity (Wildman–Crippen MR) is 304 cm³/mol. The van der Waals surface area contributed by atoms with E-state index in [1.165, 1.54) is 116 Å². The van der Waals surface area contributed by atoms with Crippen molar-refractivity contribution in [1.82, 2.24) is 8.97 Å². The van der Waals surface area contributed by atoms with Crippen LogP contribution < -0.4 is 4.90 Å². The van der Waals surface area contributed by atoms with Gasteiger partial charge >= 0.3 is 0 Å².